The summed E-state index contributed by atoms with van der Waals surface area (Å²) >= 11 is 0. The maximum Gasteiger partial charge on any atom is 0.312 e. The molecule has 0 saturated carbocycles. The molecule has 0 radical (unpaired) electrons. The van der Waals surface area contributed by atoms with Crippen molar-refractivity contribution in [2.24, 2.45) is 23.7 Å². The average molecular weight is 712 g/mol. The number of aromatic hydroxyl groups is 3. The largest absolute Gasteiger partial charge is 0.507 e. The molecule has 51 heavy (non-hydrogen) atoms. The van der Waals surface area contributed by atoms with Crippen LogP contribution in [0.2, 0.25) is 0 Å². The first-order valence-electron chi connectivity index (χ1n) is 16.4. The fourth-order valence-electron chi connectivity index (χ4n) is 6.65. The van der Waals surface area contributed by atoms with Crippen LogP contribution in [0.1, 0.15) is 69.2 Å². The van der Waals surface area contributed by atoms with Crippen molar-refractivity contribution in [3.05, 3.63) is 53.3 Å². The minimum absolute atomic E-state index is 0.0913. The van der Waals surface area contributed by atoms with E-state index >= 15 is 0 Å². The van der Waals surface area contributed by atoms with Gasteiger partial charge in [0.2, 0.25) is 0 Å². The SMILES string of the molecule is CO[C@H]1/C=C/O[C@@]2(C)Oc3cc(O)c4c(O)c(c(C=O)c(O)c4c3C2=O)NC(=O)C(C)=C/C=C/[C@H](C)[C@H](O)[C@@H](C)[C@@H](O)[C@@H](C)[C@H](OC(C)=O)[C@@H]1C. The number of rotatable bonds is 3. The lowest BCUT2D eigenvalue weighted by molar-refractivity contribution is -0.160. The molecule has 14 nitrogen and oxygen atoms in total. The highest BCUT2D eigenvalue weighted by Crippen LogP contribution is 2.53. The minimum atomic E-state index is -2.07. The molecule has 0 aromatic heterocycles. The maximum atomic E-state index is 13.9. The van der Waals surface area contributed by atoms with Gasteiger partial charge in [0, 0.05) is 61.7 Å². The van der Waals surface area contributed by atoms with Crippen LogP contribution in [0.4, 0.5) is 5.69 Å². The summed E-state index contributed by atoms with van der Waals surface area (Å²) in [6.45, 7) is 10.8. The number of aliphatic hydroxyl groups is 2. The van der Waals surface area contributed by atoms with E-state index in [9.17, 15) is 44.7 Å². The summed E-state index contributed by atoms with van der Waals surface area (Å²) in [6.07, 6.45) is 3.38. The summed E-state index contributed by atoms with van der Waals surface area (Å²) in [5.74, 6) is -9.29. The van der Waals surface area contributed by atoms with Gasteiger partial charge in [-0.05, 0) is 13.0 Å². The molecule has 14 heteroatoms. The molecule has 5 bridgehead atoms. The van der Waals surface area contributed by atoms with Crippen molar-refractivity contribution in [2.75, 3.05) is 12.4 Å². The predicted octanol–water partition coefficient (Wildman–Crippen LogP) is 4.26. The first kappa shape index (κ1) is 38.9. The second kappa shape index (κ2) is 15.1. The third-order valence-electron chi connectivity index (χ3n) is 9.77. The second-order valence-corrected chi connectivity index (χ2v) is 13.3. The van der Waals surface area contributed by atoms with Crippen molar-refractivity contribution in [2.45, 2.75) is 78.7 Å². The number of fused-ring (bicyclic) bond motifs is 14. The predicted molar refractivity (Wildman–Crippen MR) is 184 cm³/mol. The molecule has 5 rings (SSSR count). The Hall–Kier alpha value is -4.92. The van der Waals surface area contributed by atoms with Crippen LogP contribution in [0.3, 0.4) is 0 Å². The number of esters is 1. The Morgan fingerprint density at radius 1 is 0.980 bits per heavy atom. The molecule has 0 aliphatic carbocycles. The summed E-state index contributed by atoms with van der Waals surface area (Å²) in [7, 11) is 1.41. The van der Waals surface area contributed by atoms with E-state index in [0.29, 0.717) is 0 Å². The number of carbonyl (C=O) groups excluding carboxylic acids is 4. The Morgan fingerprint density at radius 2 is 1.65 bits per heavy atom. The first-order chi connectivity index (χ1) is 23.9. The van der Waals surface area contributed by atoms with Gasteiger partial charge < -0.3 is 49.8 Å². The van der Waals surface area contributed by atoms with Crippen molar-refractivity contribution in [1.82, 2.24) is 0 Å². The van der Waals surface area contributed by atoms with Crippen molar-refractivity contribution in [1.29, 1.82) is 0 Å². The molecule has 0 fully saturated rings. The number of ether oxygens (including phenoxy) is 4. The highest BCUT2D eigenvalue weighted by atomic mass is 16.7. The van der Waals surface area contributed by atoms with E-state index in [4.69, 9.17) is 18.9 Å². The number of aliphatic hydroxyl groups excluding tert-OH is 2. The lowest BCUT2D eigenvalue weighted by Crippen LogP contribution is -2.46. The van der Waals surface area contributed by atoms with Crippen LogP contribution in [0, 0.1) is 23.7 Å². The lowest BCUT2D eigenvalue weighted by Gasteiger charge is -2.38. The number of amides is 1. The van der Waals surface area contributed by atoms with Gasteiger partial charge in [0.1, 0.15) is 23.4 Å². The number of ketones is 1. The summed E-state index contributed by atoms with van der Waals surface area (Å²) in [5.41, 5.74) is -1.29. The number of nitrogens with one attached hydrogen (secondary N) is 1. The van der Waals surface area contributed by atoms with E-state index in [0.717, 1.165) is 12.3 Å². The number of hydrogen-bond donors (Lipinski definition) is 6. The van der Waals surface area contributed by atoms with Crippen molar-refractivity contribution in [3.63, 3.8) is 0 Å². The first-order valence-corrected chi connectivity index (χ1v) is 16.4. The molecular formula is C37H45NO13. The van der Waals surface area contributed by atoms with Crippen molar-refractivity contribution in [3.8, 4) is 23.0 Å². The number of methoxy groups -OCH3 is 1. The zero-order valence-electron chi connectivity index (χ0n) is 29.7. The number of aldehydes is 1. The Bertz CT molecular complexity index is 1810. The lowest BCUT2D eigenvalue weighted by atomic mass is 9.78. The summed E-state index contributed by atoms with van der Waals surface area (Å²) in [4.78, 5) is 51.5. The van der Waals surface area contributed by atoms with Crippen molar-refractivity contribution >= 4 is 40.4 Å². The van der Waals surface area contributed by atoms with Gasteiger partial charge in [-0.2, -0.15) is 0 Å². The molecule has 3 aliphatic heterocycles. The minimum Gasteiger partial charge on any atom is -0.507 e. The van der Waals surface area contributed by atoms with E-state index < -0.39 is 111 Å². The molecule has 6 N–H and O–H groups in total. The fourth-order valence-corrected chi connectivity index (χ4v) is 6.65. The summed E-state index contributed by atoms with van der Waals surface area (Å²) < 4.78 is 22.9. The Kier molecular flexibility index (Phi) is 11.5. The molecule has 9 atom stereocenters. The standard InChI is InChI=1S/C37H45NO13/c1-16-10-9-11-17(2)36(47)38-29-22(15-39)32(44)28-26(33(29)45)23(41)14-25-27(28)35(46)37(7,51-25)49-13-12-24(48-8)18(3)34(50-21(6)40)20(5)31(43)19(4)30(16)42/h9-16,18-20,24,30-31,34,41-45H,1-8H3,(H,38,47)/b10-9+,13-12+,17-11?/t16-,18+,19+,20+,24-,30-,31+,34+,37-/m0/s1. The zero-order chi connectivity index (χ0) is 38.1. The second-order valence-electron chi connectivity index (χ2n) is 13.3. The van der Waals surface area contributed by atoms with E-state index in [-0.39, 0.29) is 23.2 Å². The quantitative estimate of drug-likeness (QED) is 0.114. The van der Waals surface area contributed by atoms with Gasteiger partial charge in [-0.15, -0.1) is 0 Å². The topological polar surface area (TPSA) is 218 Å². The smallest absolute Gasteiger partial charge is 0.312 e. The molecule has 2 aromatic carbocycles. The molecular weight excluding hydrogens is 666 g/mol. The van der Waals surface area contributed by atoms with Gasteiger partial charge in [-0.25, -0.2) is 0 Å². The number of phenols is 3. The van der Waals surface area contributed by atoms with Crippen LogP contribution >= 0.6 is 0 Å². The molecule has 3 heterocycles. The molecule has 2 aromatic rings. The van der Waals surface area contributed by atoms with Gasteiger partial charge in [0.05, 0.1) is 46.8 Å². The third-order valence-corrected chi connectivity index (χ3v) is 9.77. The zero-order valence-corrected chi connectivity index (χ0v) is 29.7. The van der Waals surface area contributed by atoms with Crippen molar-refractivity contribution < 1.29 is 63.7 Å². The molecule has 0 unspecified atom stereocenters. The maximum absolute atomic E-state index is 13.9. The Balaban J connectivity index is 1.90. The third kappa shape index (κ3) is 7.30. The van der Waals surface area contributed by atoms with E-state index in [1.165, 1.54) is 46.1 Å². The number of anilines is 1. The number of hydrogen-bond acceptors (Lipinski definition) is 13. The molecule has 0 saturated heterocycles. The van der Waals surface area contributed by atoms with Crippen LogP contribution in [-0.2, 0) is 23.8 Å². The van der Waals surface area contributed by atoms with Crippen LogP contribution in [0.15, 0.2) is 42.2 Å². The monoisotopic (exact) mass is 711 g/mol. The Labute approximate surface area is 295 Å². The van der Waals surface area contributed by atoms with Gasteiger partial charge in [-0.3, -0.25) is 19.2 Å². The highest BCUT2D eigenvalue weighted by Gasteiger charge is 2.49. The van der Waals surface area contributed by atoms with E-state index in [1.54, 1.807) is 33.8 Å². The van der Waals surface area contributed by atoms with Crippen LogP contribution in [0.5, 0.6) is 23.0 Å². The normalized spacial score (nSPS) is 31.7. The number of carbonyl (C=O) groups is 4. The van der Waals surface area contributed by atoms with Gasteiger partial charge in [0.15, 0.2) is 12.0 Å². The summed E-state index contributed by atoms with van der Waals surface area (Å²) in [5, 5.41) is 57.6. The number of benzene rings is 2. The van der Waals surface area contributed by atoms with Crippen LogP contribution < -0.4 is 10.1 Å². The van der Waals surface area contributed by atoms with E-state index in [1.807, 2.05) is 0 Å². The number of allylic oxidation sites excluding steroid dienone is 2. The highest BCUT2D eigenvalue weighted by molar-refractivity contribution is 6.23. The summed E-state index contributed by atoms with van der Waals surface area (Å²) in [6, 6.07) is 1.03. The van der Waals surface area contributed by atoms with Crippen LogP contribution in [0.25, 0.3) is 10.8 Å². The van der Waals surface area contributed by atoms with E-state index in [2.05, 4.69) is 5.32 Å². The molecule has 0 spiro atoms. The molecule has 276 valence electrons. The average Bonchev–Trinajstić information content (AvgIpc) is 3.33. The molecule has 3 aliphatic rings. The van der Waals surface area contributed by atoms with Gasteiger partial charge in [0.25, 0.3) is 11.7 Å². The number of phenolic OH excluding ortho intramolecular Hbond substituents is 3. The molecule has 1 amide bonds. The van der Waals surface area contributed by atoms with Gasteiger partial charge >= 0.3 is 11.8 Å². The van der Waals surface area contributed by atoms with Crippen LogP contribution in [-0.4, -0.2) is 86.8 Å². The number of Topliss-reactive ketones (excluding diaryl/α,β-unsaturated/α-hetero) is 1. The van der Waals surface area contributed by atoms with Gasteiger partial charge in [-0.1, -0.05) is 45.9 Å². The fraction of sp³-hybridized carbons (Fsp3) is 0.459. The Morgan fingerprint density at radius 3 is 2.25 bits per heavy atom.